The molecular formula is C31H34N4O5S. The molecule has 0 unspecified atom stereocenters. The lowest BCUT2D eigenvalue weighted by Gasteiger charge is -2.32. The topological polar surface area (TPSA) is 128 Å². The van der Waals surface area contributed by atoms with Crippen molar-refractivity contribution in [3.63, 3.8) is 0 Å². The van der Waals surface area contributed by atoms with Gasteiger partial charge in [-0.05, 0) is 60.4 Å². The van der Waals surface area contributed by atoms with Gasteiger partial charge in [0.25, 0.3) is 5.91 Å². The number of nitrogens with one attached hydrogen (secondary N) is 1. The van der Waals surface area contributed by atoms with Crippen LogP contribution >= 0.6 is 0 Å². The minimum atomic E-state index is -3.73. The molecule has 0 radical (unpaired) electrons. The SMILES string of the molecule is CC[C@@H](C)C(=O)N[C@@H]1C(=O)N(Cc2c(C)ccc3ccccc23)c2ccc(C#N)cc2N(C(=O)CS(C)(=O)=O)[C@H]1C. The molecule has 4 rings (SSSR count). The predicted octanol–water partition coefficient (Wildman–Crippen LogP) is 3.86. The summed E-state index contributed by atoms with van der Waals surface area (Å²) in [4.78, 5) is 43.9. The van der Waals surface area contributed by atoms with Crippen LogP contribution in [-0.4, -0.2) is 50.2 Å². The standard InChI is InChI=1S/C31H34N4O5S/c1-6-19(2)30(37)33-29-21(4)35(28(36)18-41(5,39)40)27-15-22(16-32)12-14-26(27)34(31(29)38)17-25-20(3)11-13-23-9-7-8-10-24(23)25/h7-15,19,21,29H,6,17-18H2,1-5H3,(H,33,37)/t19-,21+,29+/m1/s1. The predicted molar refractivity (Wildman–Crippen MR) is 159 cm³/mol. The lowest BCUT2D eigenvalue weighted by molar-refractivity contribution is -0.130. The number of rotatable bonds is 7. The van der Waals surface area contributed by atoms with Crippen LogP contribution in [0.5, 0.6) is 0 Å². The van der Waals surface area contributed by atoms with Gasteiger partial charge in [0, 0.05) is 12.2 Å². The average Bonchev–Trinajstić information content (AvgIpc) is 3.01. The fourth-order valence-electron chi connectivity index (χ4n) is 5.17. The highest BCUT2D eigenvalue weighted by molar-refractivity contribution is 7.91. The van der Waals surface area contributed by atoms with Crippen molar-refractivity contribution in [3.8, 4) is 6.07 Å². The summed E-state index contributed by atoms with van der Waals surface area (Å²) < 4.78 is 24.4. The highest BCUT2D eigenvalue weighted by Crippen LogP contribution is 2.38. The number of carbonyl (C=O) groups excluding carboxylic acids is 3. The van der Waals surface area contributed by atoms with Crippen LogP contribution in [0.2, 0.25) is 0 Å². The molecule has 0 fully saturated rings. The molecule has 0 saturated carbocycles. The van der Waals surface area contributed by atoms with E-state index in [9.17, 15) is 28.1 Å². The largest absolute Gasteiger partial charge is 0.342 e. The molecular weight excluding hydrogens is 540 g/mol. The summed E-state index contributed by atoms with van der Waals surface area (Å²) in [6.45, 7) is 7.30. The number of carbonyl (C=O) groups is 3. The first-order valence-electron chi connectivity index (χ1n) is 13.5. The van der Waals surface area contributed by atoms with Gasteiger partial charge in [-0.2, -0.15) is 5.26 Å². The summed E-state index contributed by atoms with van der Waals surface area (Å²) in [5.41, 5.74) is 2.66. The van der Waals surface area contributed by atoms with Gasteiger partial charge in [0.2, 0.25) is 11.8 Å². The second-order valence-corrected chi connectivity index (χ2v) is 12.8. The number of amides is 3. The van der Waals surface area contributed by atoms with E-state index in [0.29, 0.717) is 12.1 Å². The van der Waals surface area contributed by atoms with Gasteiger partial charge in [-0.25, -0.2) is 8.42 Å². The Morgan fingerprint density at radius 2 is 1.80 bits per heavy atom. The normalized spacial score (nSPS) is 17.9. The Morgan fingerprint density at radius 1 is 1.10 bits per heavy atom. The number of nitriles is 1. The van der Waals surface area contributed by atoms with Gasteiger partial charge < -0.3 is 15.1 Å². The van der Waals surface area contributed by atoms with E-state index in [1.54, 1.807) is 26.0 Å². The van der Waals surface area contributed by atoms with E-state index in [-0.39, 0.29) is 29.6 Å². The molecule has 10 heteroatoms. The summed E-state index contributed by atoms with van der Waals surface area (Å²) in [5.74, 6) is -2.73. The molecule has 0 bridgehead atoms. The van der Waals surface area contributed by atoms with Gasteiger partial charge in [0.1, 0.15) is 11.8 Å². The van der Waals surface area contributed by atoms with E-state index < -0.39 is 39.5 Å². The minimum Gasteiger partial charge on any atom is -0.342 e. The molecule has 3 amide bonds. The van der Waals surface area contributed by atoms with Crippen molar-refractivity contribution in [2.45, 2.75) is 52.7 Å². The molecule has 0 aromatic heterocycles. The summed E-state index contributed by atoms with van der Waals surface area (Å²) in [7, 11) is -3.73. The van der Waals surface area contributed by atoms with Gasteiger partial charge >= 0.3 is 0 Å². The van der Waals surface area contributed by atoms with Crippen LogP contribution in [0.1, 0.15) is 43.9 Å². The molecule has 3 atom stereocenters. The van der Waals surface area contributed by atoms with E-state index in [2.05, 4.69) is 11.4 Å². The molecule has 1 aliphatic rings. The number of benzene rings is 3. The maximum Gasteiger partial charge on any atom is 0.252 e. The van der Waals surface area contributed by atoms with Crippen LogP contribution in [0.15, 0.2) is 54.6 Å². The number of aryl methyl sites for hydroxylation is 1. The number of hydrogen-bond donors (Lipinski definition) is 1. The Hall–Kier alpha value is -4.23. The lowest BCUT2D eigenvalue weighted by atomic mass is 9.98. The summed E-state index contributed by atoms with van der Waals surface area (Å²) in [6.07, 6.45) is 1.51. The van der Waals surface area contributed by atoms with E-state index >= 15 is 0 Å². The van der Waals surface area contributed by atoms with Gasteiger partial charge in [0.05, 0.1) is 35.6 Å². The number of nitrogens with zero attached hydrogens (tertiary/aromatic N) is 3. The Kier molecular flexibility index (Phi) is 8.50. The second-order valence-electron chi connectivity index (χ2n) is 10.7. The fourth-order valence-corrected chi connectivity index (χ4v) is 5.76. The van der Waals surface area contributed by atoms with Gasteiger partial charge in [0.15, 0.2) is 9.84 Å². The van der Waals surface area contributed by atoms with E-state index in [4.69, 9.17) is 0 Å². The van der Waals surface area contributed by atoms with Crippen molar-refractivity contribution in [3.05, 3.63) is 71.3 Å². The Morgan fingerprint density at radius 3 is 2.46 bits per heavy atom. The average molecular weight is 575 g/mol. The van der Waals surface area contributed by atoms with E-state index in [1.165, 1.54) is 15.9 Å². The molecule has 0 spiro atoms. The Balaban J connectivity index is 1.95. The van der Waals surface area contributed by atoms with Crippen molar-refractivity contribution in [1.29, 1.82) is 5.26 Å². The fraction of sp³-hybridized carbons (Fsp3) is 0.355. The highest BCUT2D eigenvalue weighted by Gasteiger charge is 2.43. The lowest BCUT2D eigenvalue weighted by Crippen LogP contribution is -2.59. The van der Waals surface area contributed by atoms with Crippen LogP contribution in [0.4, 0.5) is 11.4 Å². The van der Waals surface area contributed by atoms with Crippen LogP contribution in [-0.2, 0) is 30.8 Å². The van der Waals surface area contributed by atoms with E-state index in [1.807, 2.05) is 50.2 Å². The summed E-state index contributed by atoms with van der Waals surface area (Å²) in [6, 6.07) is 16.4. The first-order chi connectivity index (χ1) is 19.4. The number of hydrogen-bond acceptors (Lipinski definition) is 6. The van der Waals surface area contributed by atoms with Crippen molar-refractivity contribution >= 4 is 49.7 Å². The second kappa shape index (κ2) is 11.7. The van der Waals surface area contributed by atoms with Crippen molar-refractivity contribution < 1.29 is 22.8 Å². The van der Waals surface area contributed by atoms with Crippen LogP contribution in [0.3, 0.4) is 0 Å². The van der Waals surface area contributed by atoms with Crippen molar-refractivity contribution in [2.24, 2.45) is 5.92 Å². The maximum atomic E-state index is 14.4. The number of sulfone groups is 1. The molecule has 1 heterocycles. The third-order valence-electron chi connectivity index (χ3n) is 7.68. The zero-order chi connectivity index (χ0) is 30.1. The summed E-state index contributed by atoms with van der Waals surface area (Å²) >= 11 is 0. The Bertz CT molecular complexity index is 1680. The van der Waals surface area contributed by atoms with Crippen molar-refractivity contribution in [2.75, 3.05) is 21.8 Å². The molecule has 9 nitrogen and oxygen atoms in total. The molecule has 3 aromatic carbocycles. The summed E-state index contributed by atoms with van der Waals surface area (Å²) in [5, 5.41) is 14.5. The maximum absolute atomic E-state index is 14.4. The Labute approximate surface area is 240 Å². The quantitative estimate of drug-likeness (QED) is 0.457. The van der Waals surface area contributed by atoms with Gasteiger partial charge in [-0.15, -0.1) is 0 Å². The zero-order valence-electron chi connectivity index (χ0n) is 23.8. The molecule has 3 aromatic rings. The molecule has 214 valence electrons. The molecule has 0 saturated heterocycles. The molecule has 1 N–H and O–H groups in total. The van der Waals surface area contributed by atoms with Gasteiger partial charge in [-0.1, -0.05) is 50.2 Å². The van der Waals surface area contributed by atoms with Crippen molar-refractivity contribution in [1.82, 2.24) is 5.32 Å². The first-order valence-corrected chi connectivity index (χ1v) is 15.5. The highest BCUT2D eigenvalue weighted by atomic mass is 32.2. The molecule has 1 aliphatic heterocycles. The molecule has 0 aliphatic carbocycles. The number of anilines is 2. The minimum absolute atomic E-state index is 0.126. The number of fused-ring (bicyclic) bond motifs is 2. The molecule has 41 heavy (non-hydrogen) atoms. The van der Waals surface area contributed by atoms with Crippen LogP contribution < -0.4 is 15.1 Å². The van der Waals surface area contributed by atoms with Crippen LogP contribution in [0.25, 0.3) is 10.8 Å². The third-order valence-corrected chi connectivity index (χ3v) is 8.45. The zero-order valence-corrected chi connectivity index (χ0v) is 24.7. The first kappa shape index (κ1) is 29.7. The third kappa shape index (κ3) is 6.10. The smallest absolute Gasteiger partial charge is 0.252 e. The van der Waals surface area contributed by atoms with Gasteiger partial charge in [-0.3, -0.25) is 14.4 Å². The van der Waals surface area contributed by atoms with Crippen LogP contribution in [0, 0.1) is 24.2 Å². The monoisotopic (exact) mass is 574 g/mol. The van der Waals surface area contributed by atoms with E-state index in [0.717, 1.165) is 28.2 Å².